The van der Waals surface area contributed by atoms with Crippen LogP contribution < -0.4 is 22.1 Å². The van der Waals surface area contributed by atoms with E-state index in [-0.39, 0.29) is 0 Å². The van der Waals surface area contributed by atoms with Gasteiger partial charge in [0.15, 0.2) is 0 Å². The molecular formula is C13H22N4O7S. The molecule has 12 heteroatoms. The molecule has 0 saturated heterocycles. The molecule has 0 fully saturated rings. The monoisotopic (exact) mass is 378 g/mol. The smallest absolute Gasteiger partial charge is 0.326 e. The van der Waals surface area contributed by atoms with E-state index in [1.165, 1.54) is 11.8 Å². The zero-order valence-electron chi connectivity index (χ0n) is 13.6. The highest BCUT2D eigenvalue weighted by Crippen LogP contribution is 2.02. The second kappa shape index (κ2) is 11.3. The van der Waals surface area contributed by atoms with Gasteiger partial charge in [-0.25, -0.2) is 4.79 Å². The Hall–Kier alpha value is -2.34. The number of hydrogen-bond donors (Lipinski definition) is 6. The largest absolute Gasteiger partial charge is 0.481 e. The first-order chi connectivity index (χ1) is 11.6. The van der Waals surface area contributed by atoms with Gasteiger partial charge in [-0.2, -0.15) is 11.8 Å². The summed E-state index contributed by atoms with van der Waals surface area (Å²) >= 11 is 1.47. The molecule has 3 unspecified atom stereocenters. The molecule has 8 N–H and O–H groups in total. The lowest BCUT2D eigenvalue weighted by molar-refractivity contribution is -0.147. The van der Waals surface area contributed by atoms with Gasteiger partial charge in [0, 0.05) is 0 Å². The predicted molar refractivity (Wildman–Crippen MR) is 88.5 cm³/mol. The highest BCUT2D eigenvalue weighted by molar-refractivity contribution is 7.98. The van der Waals surface area contributed by atoms with E-state index >= 15 is 0 Å². The van der Waals surface area contributed by atoms with Gasteiger partial charge >= 0.3 is 11.9 Å². The molecule has 0 aromatic carbocycles. The number of nitrogens with two attached hydrogens (primary N) is 2. The summed E-state index contributed by atoms with van der Waals surface area (Å²) in [5.74, 6) is -5.08. The van der Waals surface area contributed by atoms with Crippen LogP contribution in [0.15, 0.2) is 0 Å². The van der Waals surface area contributed by atoms with Crippen LogP contribution in [-0.4, -0.2) is 70.0 Å². The van der Waals surface area contributed by atoms with Crippen LogP contribution in [0, 0.1) is 0 Å². The first kappa shape index (κ1) is 22.7. The normalized spacial score (nSPS) is 14.0. The number of aliphatic carboxylic acids is 2. The number of hydrogen-bond acceptors (Lipinski definition) is 7. The molecule has 0 heterocycles. The van der Waals surface area contributed by atoms with Crippen molar-refractivity contribution in [1.82, 2.24) is 10.6 Å². The maximum absolute atomic E-state index is 12.1. The summed E-state index contributed by atoms with van der Waals surface area (Å²) in [6.07, 6.45) is 0.689. The Labute approximate surface area is 147 Å². The highest BCUT2D eigenvalue weighted by Gasteiger charge is 2.30. The molecule has 3 atom stereocenters. The Morgan fingerprint density at radius 3 is 2.00 bits per heavy atom. The molecule has 0 bridgehead atoms. The van der Waals surface area contributed by atoms with Gasteiger partial charge in [0.1, 0.15) is 12.1 Å². The summed E-state index contributed by atoms with van der Waals surface area (Å²) < 4.78 is 0. The average Bonchev–Trinajstić information content (AvgIpc) is 2.49. The maximum Gasteiger partial charge on any atom is 0.326 e. The van der Waals surface area contributed by atoms with Crippen molar-refractivity contribution < 1.29 is 34.2 Å². The zero-order valence-corrected chi connectivity index (χ0v) is 14.4. The van der Waals surface area contributed by atoms with Crippen molar-refractivity contribution in [2.45, 2.75) is 37.4 Å². The number of carbonyl (C=O) groups is 5. The fourth-order valence-corrected chi connectivity index (χ4v) is 2.20. The zero-order chi connectivity index (χ0) is 19.6. The Kier molecular flexibility index (Phi) is 10.2. The van der Waals surface area contributed by atoms with E-state index in [2.05, 4.69) is 5.32 Å². The molecular weight excluding hydrogens is 356 g/mol. The summed E-state index contributed by atoms with van der Waals surface area (Å²) in [7, 11) is 0. The summed E-state index contributed by atoms with van der Waals surface area (Å²) in [4.78, 5) is 56.8. The van der Waals surface area contributed by atoms with E-state index < -0.39 is 60.6 Å². The van der Waals surface area contributed by atoms with E-state index in [9.17, 15) is 24.0 Å². The third-order valence-corrected chi connectivity index (χ3v) is 3.65. The Bertz CT molecular complexity index is 529. The summed E-state index contributed by atoms with van der Waals surface area (Å²) in [5, 5.41) is 21.8. The van der Waals surface area contributed by atoms with Crippen molar-refractivity contribution in [2.75, 3.05) is 12.0 Å². The Morgan fingerprint density at radius 1 is 1.00 bits per heavy atom. The molecule has 3 amide bonds. The first-order valence-corrected chi connectivity index (χ1v) is 8.56. The van der Waals surface area contributed by atoms with E-state index in [1.807, 2.05) is 11.6 Å². The third-order valence-electron chi connectivity index (χ3n) is 3.00. The van der Waals surface area contributed by atoms with Gasteiger partial charge in [0.2, 0.25) is 17.7 Å². The van der Waals surface area contributed by atoms with Crippen LogP contribution in [0.3, 0.4) is 0 Å². The second-order valence-electron chi connectivity index (χ2n) is 5.12. The van der Waals surface area contributed by atoms with Crippen LogP contribution in [-0.2, 0) is 24.0 Å². The number of thioether (sulfide) groups is 1. The predicted octanol–water partition coefficient (Wildman–Crippen LogP) is -2.53. The molecule has 0 saturated carbocycles. The third kappa shape index (κ3) is 9.52. The number of nitrogens with one attached hydrogen (secondary N) is 2. The Morgan fingerprint density at radius 2 is 1.56 bits per heavy atom. The number of rotatable bonds is 12. The Balaban J connectivity index is 5.02. The van der Waals surface area contributed by atoms with E-state index in [0.717, 1.165) is 0 Å². The molecule has 25 heavy (non-hydrogen) atoms. The number of carboxylic acids is 2. The van der Waals surface area contributed by atoms with Crippen molar-refractivity contribution in [3.05, 3.63) is 0 Å². The molecule has 142 valence electrons. The minimum Gasteiger partial charge on any atom is -0.481 e. The highest BCUT2D eigenvalue weighted by atomic mass is 32.2. The first-order valence-electron chi connectivity index (χ1n) is 7.16. The topological polar surface area (TPSA) is 202 Å². The molecule has 0 rings (SSSR count). The molecule has 0 aromatic heterocycles. The maximum atomic E-state index is 12.1. The lowest BCUT2D eigenvalue weighted by Gasteiger charge is -2.21. The van der Waals surface area contributed by atoms with Gasteiger partial charge in [-0.1, -0.05) is 0 Å². The van der Waals surface area contributed by atoms with Crippen LogP contribution in [0.5, 0.6) is 0 Å². The van der Waals surface area contributed by atoms with Gasteiger partial charge in [-0.15, -0.1) is 0 Å². The van der Waals surface area contributed by atoms with Crippen molar-refractivity contribution in [1.29, 1.82) is 0 Å². The SMILES string of the molecule is CSCCC(N)C(=O)NC(CC(N)=O)C(=O)NC(CC(=O)O)C(=O)O. The summed E-state index contributed by atoms with van der Waals surface area (Å²) in [5.41, 5.74) is 10.7. The minimum absolute atomic E-state index is 0.328. The minimum atomic E-state index is -1.72. The van der Waals surface area contributed by atoms with Crippen LogP contribution in [0.4, 0.5) is 0 Å². The lowest BCUT2D eigenvalue weighted by atomic mass is 10.1. The second-order valence-corrected chi connectivity index (χ2v) is 6.10. The van der Waals surface area contributed by atoms with Crippen molar-refractivity contribution in [3.63, 3.8) is 0 Å². The molecule has 0 spiro atoms. The number of primary amides is 1. The quantitative estimate of drug-likeness (QED) is 0.212. The van der Waals surface area contributed by atoms with Gasteiger partial charge in [-0.3, -0.25) is 19.2 Å². The van der Waals surface area contributed by atoms with Crippen LogP contribution in [0.1, 0.15) is 19.3 Å². The van der Waals surface area contributed by atoms with Gasteiger partial charge < -0.3 is 32.3 Å². The van der Waals surface area contributed by atoms with Gasteiger partial charge in [0.25, 0.3) is 0 Å². The van der Waals surface area contributed by atoms with Crippen molar-refractivity contribution in [2.24, 2.45) is 11.5 Å². The van der Waals surface area contributed by atoms with Crippen LogP contribution >= 0.6 is 11.8 Å². The lowest BCUT2D eigenvalue weighted by Crippen LogP contribution is -2.55. The number of carboxylic acid groups (broad SMARTS) is 2. The van der Waals surface area contributed by atoms with E-state index in [4.69, 9.17) is 21.7 Å². The fourth-order valence-electron chi connectivity index (χ4n) is 1.71. The summed E-state index contributed by atoms with van der Waals surface area (Å²) in [6.45, 7) is 0. The molecule has 0 aliphatic rings. The van der Waals surface area contributed by atoms with E-state index in [1.54, 1.807) is 0 Å². The summed E-state index contributed by atoms with van der Waals surface area (Å²) in [6, 6.07) is -4.10. The van der Waals surface area contributed by atoms with Gasteiger partial charge in [0.05, 0.1) is 18.9 Å². The molecule has 0 aliphatic heterocycles. The van der Waals surface area contributed by atoms with Gasteiger partial charge in [-0.05, 0) is 18.4 Å². The number of carbonyl (C=O) groups excluding carboxylic acids is 3. The molecule has 0 aromatic rings. The molecule has 0 radical (unpaired) electrons. The standard InChI is InChI=1S/C13H22N4O7S/c1-25-3-2-6(14)11(21)16-7(4-9(15)18)12(22)17-8(13(23)24)5-10(19)20/h6-8H,2-5,14H2,1H3,(H2,15,18)(H,16,21)(H,17,22)(H,19,20)(H,23,24). The number of amides is 3. The van der Waals surface area contributed by atoms with Crippen LogP contribution in [0.2, 0.25) is 0 Å². The van der Waals surface area contributed by atoms with Crippen molar-refractivity contribution in [3.8, 4) is 0 Å². The average molecular weight is 378 g/mol. The van der Waals surface area contributed by atoms with Crippen molar-refractivity contribution >= 4 is 41.4 Å². The molecule has 0 aliphatic carbocycles. The van der Waals surface area contributed by atoms with Crippen LogP contribution in [0.25, 0.3) is 0 Å². The fraction of sp³-hybridized carbons (Fsp3) is 0.615. The molecule has 11 nitrogen and oxygen atoms in total. The van der Waals surface area contributed by atoms with E-state index in [0.29, 0.717) is 12.2 Å².